The minimum Gasteiger partial charge on any atom is -0.395 e. The van der Waals surface area contributed by atoms with Crippen molar-refractivity contribution >= 4 is 0 Å². The van der Waals surface area contributed by atoms with Gasteiger partial charge in [0.1, 0.15) is 0 Å². The second-order valence-electron chi connectivity index (χ2n) is 4.69. The quantitative estimate of drug-likeness (QED) is 0.794. The van der Waals surface area contributed by atoms with Crippen molar-refractivity contribution in [3.63, 3.8) is 0 Å². The van der Waals surface area contributed by atoms with Gasteiger partial charge in [0.2, 0.25) is 5.89 Å². The van der Waals surface area contributed by atoms with Crippen molar-refractivity contribution in [2.45, 2.75) is 26.3 Å². The first-order valence-electron chi connectivity index (χ1n) is 7.00. The molecule has 108 valence electrons. The van der Waals surface area contributed by atoms with Gasteiger partial charge in [-0.25, -0.2) is 0 Å². The molecule has 0 atom stereocenters. The highest BCUT2D eigenvalue weighted by Crippen LogP contribution is 2.06. The maximum Gasteiger partial charge on any atom is 0.240 e. The van der Waals surface area contributed by atoms with Crippen LogP contribution in [0.3, 0.4) is 0 Å². The van der Waals surface area contributed by atoms with Gasteiger partial charge in [-0.2, -0.15) is 4.98 Å². The molecule has 5 nitrogen and oxygen atoms in total. The van der Waals surface area contributed by atoms with Crippen molar-refractivity contribution in [1.82, 2.24) is 15.0 Å². The fourth-order valence-electron chi connectivity index (χ4n) is 2.03. The summed E-state index contributed by atoms with van der Waals surface area (Å²) < 4.78 is 5.20. The van der Waals surface area contributed by atoms with Gasteiger partial charge in [-0.1, -0.05) is 42.4 Å². The van der Waals surface area contributed by atoms with E-state index in [0.29, 0.717) is 19.0 Å². The highest BCUT2D eigenvalue weighted by molar-refractivity contribution is 5.14. The molecule has 0 aliphatic carbocycles. The van der Waals surface area contributed by atoms with E-state index in [9.17, 15) is 0 Å². The van der Waals surface area contributed by atoms with Crippen molar-refractivity contribution in [3.8, 4) is 0 Å². The predicted octanol–water partition coefficient (Wildman–Crippen LogP) is 1.67. The molecule has 0 radical (unpaired) electrons. The van der Waals surface area contributed by atoms with Crippen molar-refractivity contribution in [2.75, 3.05) is 19.7 Å². The molecule has 1 aromatic carbocycles. The predicted molar refractivity (Wildman–Crippen MR) is 76.2 cm³/mol. The molecular weight excluding hydrogens is 254 g/mol. The van der Waals surface area contributed by atoms with Crippen LogP contribution in [0.15, 0.2) is 34.9 Å². The third kappa shape index (κ3) is 4.43. The molecule has 1 N–H and O–H groups in total. The summed E-state index contributed by atoms with van der Waals surface area (Å²) in [6, 6.07) is 10.3. The largest absolute Gasteiger partial charge is 0.395 e. The summed E-state index contributed by atoms with van der Waals surface area (Å²) in [6.07, 6.45) is 1.71. The van der Waals surface area contributed by atoms with Crippen LogP contribution < -0.4 is 0 Å². The molecule has 0 spiro atoms. The first kappa shape index (κ1) is 14.7. The summed E-state index contributed by atoms with van der Waals surface area (Å²) in [4.78, 5) is 6.43. The highest BCUT2D eigenvalue weighted by Gasteiger charge is 2.11. The Kier molecular flexibility index (Phi) is 5.70. The van der Waals surface area contributed by atoms with Gasteiger partial charge in [-0.3, -0.25) is 4.90 Å². The van der Waals surface area contributed by atoms with Crippen molar-refractivity contribution in [2.24, 2.45) is 0 Å². The first-order chi connectivity index (χ1) is 9.81. The average molecular weight is 275 g/mol. The fraction of sp³-hybridized carbons (Fsp3) is 0.467. The number of benzene rings is 1. The van der Waals surface area contributed by atoms with Gasteiger partial charge in [-0.15, -0.1) is 0 Å². The smallest absolute Gasteiger partial charge is 0.240 e. The van der Waals surface area contributed by atoms with Gasteiger partial charge in [0, 0.05) is 19.5 Å². The van der Waals surface area contributed by atoms with E-state index in [1.807, 2.05) is 25.1 Å². The van der Waals surface area contributed by atoms with Crippen LogP contribution in [0.25, 0.3) is 0 Å². The van der Waals surface area contributed by atoms with Crippen LogP contribution in [0.4, 0.5) is 0 Å². The molecular formula is C15H21N3O2. The van der Waals surface area contributed by atoms with Gasteiger partial charge >= 0.3 is 0 Å². The number of aliphatic hydroxyl groups is 1. The maximum atomic E-state index is 9.15. The van der Waals surface area contributed by atoms with E-state index < -0.39 is 0 Å². The molecule has 0 bridgehead atoms. The van der Waals surface area contributed by atoms with Gasteiger partial charge in [0.15, 0.2) is 5.82 Å². The zero-order chi connectivity index (χ0) is 14.2. The van der Waals surface area contributed by atoms with E-state index in [1.165, 1.54) is 5.56 Å². The topological polar surface area (TPSA) is 62.4 Å². The Labute approximate surface area is 119 Å². The molecule has 0 saturated carbocycles. The second-order valence-corrected chi connectivity index (χ2v) is 4.69. The van der Waals surface area contributed by atoms with Crippen molar-refractivity contribution < 1.29 is 9.63 Å². The Hall–Kier alpha value is -1.72. The lowest BCUT2D eigenvalue weighted by atomic mass is 10.1. The van der Waals surface area contributed by atoms with Crippen LogP contribution in [0, 0.1) is 0 Å². The number of aliphatic hydroxyl groups excluding tert-OH is 1. The van der Waals surface area contributed by atoms with Crippen LogP contribution in [-0.2, 0) is 19.4 Å². The Morgan fingerprint density at radius 1 is 1.20 bits per heavy atom. The minimum atomic E-state index is 0.129. The van der Waals surface area contributed by atoms with Crippen LogP contribution in [0.2, 0.25) is 0 Å². The molecule has 1 aromatic heterocycles. The first-order valence-corrected chi connectivity index (χ1v) is 7.00. The monoisotopic (exact) mass is 275 g/mol. The maximum absolute atomic E-state index is 9.15. The number of aryl methyl sites for hydroxylation is 1. The molecule has 2 aromatic rings. The Bertz CT molecular complexity index is 499. The number of rotatable bonds is 8. The third-order valence-corrected chi connectivity index (χ3v) is 3.16. The molecule has 0 aliphatic heterocycles. The molecule has 0 amide bonds. The number of hydrogen-bond acceptors (Lipinski definition) is 5. The standard InChI is InChI=1S/C15H21N3O2/c1-2-14-16-15(20-17-14)12-18(10-11-19)9-8-13-6-4-3-5-7-13/h3-7,19H,2,8-12H2,1H3. The van der Waals surface area contributed by atoms with E-state index in [1.54, 1.807) is 0 Å². The van der Waals surface area contributed by atoms with Gasteiger partial charge in [0.05, 0.1) is 13.2 Å². The lowest BCUT2D eigenvalue weighted by Gasteiger charge is -2.19. The number of hydrogen-bond donors (Lipinski definition) is 1. The number of nitrogens with zero attached hydrogens (tertiary/aromatic N) is 3. The number of aromatic nitrogens is 2. The third-order valence-electron chi connectivity index (χ3n) is 3.16. The zero-order valence-corrected chi connectivity index (χ0v) is 11.8. The van der Waals surface area contributed by atoms with E-state index in [2.05, 4.69) is 27.2 Å². The van der Waals surface area contributed by atoms with Crippen LogP contribution in [-0.4, -0.2) is 39.8 Å². The summed E-state index contributed by atoms with van der Waals surface area (Å²) in [7, 11) is 0. The van der Waals surface area contributed by atoms with Gasteiger partial charge in [-0.05, 0) is 12.0 Å². The van der Waals surface area contributed by atoms with E-state index in [4.69, 9.17) is 9.63 Å². The summed E-state index contributed by atoms with van der Waals surface area (Å²) in [5.41, 5.74) is 1.29. The molecule has 0 unspecified atom stereocenters. The molecule has 0 saturated heterocycles. The minimum absolute atomic E-state index is 0.129. The van der Waals surface area contributed by atoms with E-state index in [-0.39, 0.29) is 6.61 Å². The highest BCUT2D eigenvalue weighted by atomic mass is 16.5. The molecule has 0 fully saturated rings. The molecule has 5 heteroatoms. The normalized spacial score (nSPS) is 11.2. The molecule has 2 rings (SSSR count). The lowest BCUT2D eigenvalue weighted by molar-refractivity contribution is 0.175. The summed E-state index contributed by atoms with van der Waals surface area (Å²) >= 11 is 0. The average Bonchev–Trinajstić information content (AvgIpc) is 2.94. The van der Waals surface area contributed by atoms with Gasteiger partial charge < -0.3 is 9.63 Å². The summed E-state index contributed by atoms with van der Waals surface area (Å²) in [6.45, 7) is 4.17. The summed E-state index contributed by atoms with van der Waals surface area (Å²) in [5.74, 6) is 1.34. The van der Waals surface area contributed by atoms with Crippen molar-refractivity contribution in [3.05, 3.63) is 47.6 Å². The second kappa shape index (κ2) is 7.77. The van der Waals surface area contributed by atoms with E-state index in [0.717, 1.165) is 25.2 Å². The molecule has 1 heterocycles. The van der Waals surface area contributed by atoms with Crippen LogP contribution in [0.5, 0.6) is 0 Å². The van der Waals surface area contributed by atoms with E-state index >= 15 is 0 Å². The van der Waals surface area contributed by atoms with Crippen molar-refractivity contribution in [1.29, 1.82) is 0 Å². The fourth-order valence-corrected chi connectivity index (χ4v) is 2.03. The zero-order valence-electron chi connectivity index (χ0n) is 11.8. The Morgan fingerprint density at radius 2 is 2.00 bits per heavy atom. The van der Waals surface area contributed by atoms with Crippen LogP contribution in [0.1, 0.15) is 24.2 Å². The lowest BCUT2D eigenvalue weighted by Crippen LogP contribution is -2.28. The summed E-state index contributed by atoms with van der Waals surface area (Å²) in [5, 5.41) is 13.0. The Morgan fingerprint density at radius 3 is 2.65 bits per heavy atom. The van der Waals surface area contributed by atoms with Gasteiger partial charge in [0.25, 0.3) is 0 Å². The molecule has 20 heavy (non-hydrogen) atoms. The SMILES string of the molecule is CCc1noc(CN(CCO)CCc2ccccc2)n1. The molecule has 0 aliphatic rings. The van der Waals surface area contributed by atoms with Crippen LogP contribution >= 0.6 is 0 Å². The Balaban J connectivity index is 1.89.